The van der Waals surface area contributed by atoms with Crippen LogP contribution in [0.25, 0.3) is 0 Å². The van der Waals surface area contributed by atoms with Gasteiger partial charge >= 0.3 is 0 Å². The van der Waals surface area contributed by atoms with Gasteiger partial charge in [0.25, 0.3) is 5.91 Å². The molecule has 0 saturated heterocycles. The minimum absolute atomic E-state index is 0.0352. The molecule has 0 saturated carbocycles. The Balaban J connectivity index is 2.50. The lowest BCUT2D eigenvalue weighted by atomic mass is 10.1. The third-order valence-corrected chi connectivity index (χ3v) is 2.92. The maximum absolute atomic E-state index is 11.8. The Labute approximate surface area is 105 Å². The third kappa shape index (κ3) is 3.93. The number of nitrogens with one attached hydrogen (secondary N) is 1. The summed E-state index contributed by atoms with van der Waals surface area (Å²) in [5, 5.41) is 3.89. The average Bonchev–Trinajstić information content (AvgIpc) is 2.27. The molecular weight excluding hydrogens is 268 g/mol. The standard InChI is InChI=1S/C12H17BrN2O/c1-9(5-6-13)8-15-12(16)11-4-3-7-14-10(11)2/h3-4,7,9H,5-6,8H2,1-2H3,(H,15,16). The highest BCUT2D eigenvalue weighted by Crippen LogP contribution is 2.05. The number of aromatic nitrogens is 1. The Morgan fingerprint density at radius 2 is 2.38 bits per heavy atom. The van der Waals surface area contributed by atoms with Crippen molar-refractivity contribution in [3.63, 3.8) is 0 Å². The molecule has 3 nitrogen and oxygen atoms in total. The van der Waals surface area contributed by atoms with E-state index in [1.165, 1.54) is 0 Å². The van der Waals surface area contributed by atoms with Crippen molar-refractivity contribution < 1.29 is 4.79 Å². The summed E-state index contributed by atoms with van der Waals surface area (Å²) >= 11 is 3.39. The highest BCUT2D eigenvalue weighted by atomic mass is 79.9. The molecule has 0 aliphatic heterocycles. The van der Waals surface area contributed by atoms with Crippen molar-refractivity contribution in [2.75, 3.05) is 11.9 Å². The molecule has 4 heteroatoms. The zero-order chi connectivity index (χ0) is 12.0. The maximum Gasteiger partial charge on any atom is 0.253 e. The first-order valence-electron chi connectivity index (χ1n) is 5.41. The monoisotopic (exact) mass is 284 g/mol. The lowest BCUT2D eigenvalue weighted by Crippen LogP contribution is -2.29. The number of halogens is 1. The molecule has 1 N–H and O–H groups in total. The minimum atomic E-state index is -0.0352. The van der Waals surface area contributed by atoms with Crippen molar-refractivity contribution in [2.24, 2.45) is 5.92 Å². The Bertz CT molecular complexity index is 355. The Hall–Kier alpha value is -0.900. The normalized spacial score (nSPS) is 12.2. The second-order valence-electron chi connectivity index (χ2n) is 3.93. The number of hydrogen-bond donors (Lipinski definition) is 1. The number of carbonyl (C=O) groups is 1. The summed E-state index contributed by atoms with van der Waals surface area (Å²) in [6.45, 7) is 4.67. The van der Waals surface area contributed by atoms with Crippen LogP contribution in [0.15, 0.2) is 18.3 Å². The van der Waals surface area contributed by atoms with Gasteiger partial charge in [0.2, 0.25) is 0 Å². The van der Waals surface area contributed by atoms with E-state index in [2.05, 4.69) is 33.2 Å². The van der Waals surface area contributed by atoms with Gasteiger partial charge in [0.05, 0.1) is 5.56 Å². The summed E-state index contributed by atoms with van der Waals surface area (Å²) in [5.74, 6) is 0.451. The van der Waals surface area contributed by atoms with Gasteiger partial charge in [-0.15, -0.1) is 0 Å². The topological polar surface area (TPSA) is 42.0 Å². The molecule has 1 unspecified atom stereocenters. The van der Waals surface area contributed by atoms with Crippen LogP contribution in [0.2, 0.25) is 0 Å². The molecule has 1 aromatic rings. The molecule has 1 atom stereocenters. The number of carbonyl (C=O) groups excluding carboxylic acids is 1. The van der Waals surface area contributed by atoms with Crippen LogP contribution in [0, 0.1) is 12.8 Å². The number of hydrogen-bond acceptors (Lipinski definition) is 2. The van der Waals surface area contributed by atoms with Crippen molar-refractivity contribution in [2.45, 2.75) is 20.3 Å². The fraction of sp³-hybridized carbons (Fsp3) is 0.500. The lowest BCUT2D eigenvalue weighted by molar-refractivity contribution is 0.0947. The van der Waals surface area contributed by atoms with Crippen molar-refractivity contribution in [3.8, 4) is 0 Å². The molecule has 1 amide bonds. The summed E-state index contributed by atoms with van der Waals surface area (Å²) in [6, 6.07) is 3.58. The summed E-state index contributed by atoms with van der Waals surface area (Å²) in [7, 11) is 0. The van der Waals surface area contributed by atoms with Gasteiger partial charge in [-0.25, -0.2) is 0 Å². The zero-order valence-corrected chi connectivity index (χ0v) is 11.3. The van der Waals surface area contributed by atoms with Gasteiger partial charge in [0, 0.05) is 23.8 Å². The van der Waals surface area contributed by atoms with Crippen LogP contribution in [-0.4, -0.2) is 22.8 Å². The Morgan fingerprint density at radius 1 is 1.62 bits per heavy atom. The van der Waals surface area contributed by atoms with E-state index in [-0.39, 0.29) is 5.91 Å². The third-order valence-electron chi connectivity index (χ3n) is 2.46. The first-order chi connectivity index (χ1) is 7.65. The van der Waals surface area contributed by atoms with E-state index in [0.29, 0.717) is 18.0 Å². The number of pyridine rings is 1. The quantitative estimate of drug-likeness (QED) is 0.845. The second-order valence-corrected chi connectivity index (χ2v) is 4.72. The van der Waals surface area contributed by atoms with E-state index < -0.39 is 0 Å². The van der Waals surface area contributed by atoms with E-state index in [9.17, 15) is 4.79 Å². The van der Waals surface area contributed by atoms with Crippen LogP contribution < -0.4 is 5.32 Å². The molecule has 0 aliphatic rings. The first kappa shape index (κ1) is 13.2. The van der Waals surface area contributed by atoms with Gasteiger partial charge in [0.1, 0.15) is 0 Å². The second kappa shape index (κ2) is 6.63. The molecule has 0 radical (unpaired) electrons. The summed E-state index contributed by atoms with van der Waals surface area (Å²) in [6.07, 6.45) is 2.76. The predicted octanol–water partition coefficient (Wildman–Crippen LogP) is 2.54. The van der Waals surface area contributed by atoms with Crippen molar-refractivity contribution in [3.05, 3.63) is 29.6 Å². The fourth-order valence-corrected chi connectivity index (χ4v) is 2.16. The van der Waals surface area contributed by atoms with Crippen LogP contribution in [0.4, 0.5) is 0 Å². The van der Waals surface area contributed by atoms with E-state index in [1.54, 1.807) is 18.3 Å². The van der Waals surface area contributed by atoms with Crippen LogP contribution in [-0.2, 0) is 0 Å². The average molecular weight is 285 g/mol. The zero-order valence-electron chi connectivity index (χ0n) is 9.66. The molecule has 0 bridgehead atoms. The van der Waals surface area contributed by atoms with E-state index in [0.717, 1.165) is 17.4 Å². The van der Waals surface area contributed by atoms with Gasteiger partial charge in [-0.3, -0.25) is 9.78 Å². The minimum Gasteiger partial charge on any atom is -0.352 e. The summed E-state index contributed by atoms with van der Waals surface area (Å²) in [5.41, 5.74) is 1.43. The fourth-order valence-electron chi connectivity index (χ4n) is 1.37. The number of nitrogens with zero attached hydrogens (tertiary/aromatic N) is 1. The van der Waals surface area contributed by atoms with Crippen molar-refractivity contribution >= 4 is 21.8 Å². The van der Waals surface area contributed by atoms with E-state index in [1.807, 2.05) is 6.92 Å². The van der Waals surface area contributed by atoms with Gasteiger partial charge in [-0.2, -0.15) is 0 Å². The number of aryl methyl sites for hydroxylation is 1. The first-order valence-corrected chi connectivity index (χ1v) is 6.53. The van der Waals surface area contributed by atoms with Crippen LogP contribution in [0.5, 0.6) is 0 Å². The smallest absolute Gasteiger partial charge is 0.253 e. The summed E-state index contributed by atoms with van der Waals surface area (Å²) < 4.78 is 0. The largest absolute Gasteiger partial charge is 0.352 e. The molecule has 0 fully saturated rings. The van der Waals surface area contributed by atoms with Crippen LogP contribution in [0.3, 0.4) is 0 Å². The van der Waals surface area contributed by atoms with E-state index in [4.69, 9.17) is 0 Å². The van der Waals surface area contributed by atoms with Gasteiger partial charge in [-0.1, -0.05) is 22.9 Å². The molecule has 0 aromatic carbocycles. The van der Waals surface area contributed by atoms with Crippen LogP contribution in [0.1, 0.15) is 29.4 Å². The van der Waals surface area contributed by atoms with Gasteiger partial charge in [-0.05, 0) is 31.4 Å². The summed E-state index contributed by atoms with van der Waals surface area (Å²) in [4.78, 5) is 15.9. The molecule has 1 heterocycles. The molecule has 16 heavy (non-hydrogen) atoms. The highest BCUT2D eigenvalue weighted by molar-refractivity contribution is 9.09. The molecule has 1 aromatic heterocycles. The molecule has 88 valence electrons. The number of rotatable bonds is 5. The Morgan fingerprint density at radius 3 is 3.00 bits per heavy atom. The number of alkyl halides is 1. The molecule has 0 aliphatic carbocycles. The number of amides is 1. The lowest BCUT2D eigenvalue weighted by Gasteiger charge is -2.11. The predicted molar refractivity (Wildman–Crippen MR) is 68.9 cm³/mol. The van der Waals surface area contributed by atoms with Crippen molar-refractivity contribution in [1.29, 1.82) is 0 Å². The van der Waals surface area contributed by atoms with E-state index >= 15 is 0 Å². The van der Waals surface area contributed by atoms with Gasteiger partial charge in [0.15, 0.2) is 0 Å². The SMILES string of the molecule is Cc1ncccc1C(=O)NCC(C)CCBr. The van der Waals surface area contributed by atoms with Crippen LogP contribution >= 0.6 is 15.9 Å². The van der Waals surface area contributed by atoms with Gasteiger partial charge < -0.3 is 5.32 Å². The van der Waals surface area contributed by atoms with Crippen molar-refractivity contribution in [1.82, 2.24) is 10.3 Å². The molecule has 1 rings (SSSR count). The molecular formula is C12H17BrN2O. The molecule has 0 spiro atoms. The Kier molecular flexibility index (Phi) is 5.46. The highest BCUT2D eigenvalue weighted by Gasteiger charge is 2.09. The maximum atomic E-state index is 11.8.